The van der Waals surface area contributed by atoms with E-state index in [-0.39, 0.29) is 11.6 Å². The maximum Gasteiger partial charge on any atom is 0.260 e. The Labute approximate surface area is 188 Å². The first-order valence-electron chi connectivity index (χ1n) is 10.9. The standard InChI is InChI=1S/C24H23N3O4S/c28-23-22-16(18-5-2-9-29-18)14-32-24(22)26-21(25-23)13-27-8-1-4-17(27)15-6-7-19-20(12-15)31-11-3-10-30-19/h2,5-7,9,12,14,17H,1,3-4,8,10-11,13H2,(H,25,26,28)/t17-/m1/s1. The van der Waals surface area contributed by atoms with Gasteiger partial charge < -0.3 is 18.9 Å². The molecule has 0 saturated carbocycles. The number of furan rings is 1. The van der Waals surface area contributed by atoms with E-state index >= 15 is 0 Å². The van der Waals surface area contributed by atoms with Crippen LogP contribution in [-0.2, 0) is 6.54 Å². The van der Waals surface area contributed by atoms with Gasteiger partial charge in [-0.05, 0) is 49.2 Å². The highest BCUT2D eigenvalue weighted by molar-refractivity contribution is 7.17. The van der Waals surface area contributed by atoms with Crippen molar-refractivity contribution < 1.29 is 13.9 Å². The molecule has 0 unspecified atom stereocenters. The Bertz CT molecular complexity index is 1310. The zero-order valence-electron chi connectivity index (χ0n) is 17.5. The molecule has 1 fully saturated rings. The molecular formula is C24H23N3O4S. The van der Waals surface area contributed by atoms with Gasteiger partial charge in [0.25, 0.3) is 5.56 Å². The summed E-state index contributed by atoms with van der Waals surface area (Å²) in [6.07, 6.45) is 4.67. The molecule has 2 aliphatic heterocycles. The van der Waals surface area contributed by atoms with Gasteiger partial charge in [-0.25, -0.2) is 4.98 Å². The lowest BCUT2D eigenvalue weighted by atomic mass is 10.0. The number of fused-ring (bicyclic) bond motifs is 2. The highest BCUT2D eigenvalue weighted by Gasteiger charge is 2.28. The number of thiophene rings is 1. The predicted octanol–water partition coefficient (Wildman–Crippen LogP) is 4.74. The van der Waals surface area contributed by atoms with Gasteiger partial charge in [0.15, 0.2) is 11.5 Å². The van der Waals surface area contributed by atoms with Crippen LogP contribution in [0.4, 0.5) is 0 Å². The molecule has 1 atom stereocenters. The van der Waals surface area contributed by atoms with Gasteiger partial charge in [0, 0.05) is 23.4 Å². The van der Waals surface area contributed by atoms with Gasteiger partial charge in [0.05, 0.1) is 31.4 Å². The molecule has 1 N–H and O–H groups in total. The fourth-order valence-corrected chi connectivity index (χ4v) is 5.60. The van der Waals surface area contributed by atoms with E-state index in [2.05, 4.69) is 22.0 Å². The molecule has 164 valence electrons. The normalized spacial score (nSPS) is 18.8. The summed E-state index contributed by atoms with van der Waals surface area (Å²) in [5.74, 6) is 3.02. The van der Waals surface area contributed by atoms with E-state index in [9.17, 15) is 4.79 Å². The van der Waals surface area contributed by atoms with Crippen LogP contribution in [0, 0.1) is 0 Å². The number of nitrogens with zero attached hydrogens (tertiary/aromatic N) is 2. The molecule has 4 aromatic rings. The van der Waals surface area contributed by atoms with Crippen molar-refractivity contribution in [1.82, 2.24) is 14.9 Å². The van der Waals surface area contributed by atoms with Crippen LogP contribution in [0.1, 0.15) is 36.7 Å². The molecule has 5 heterocycles. The molecule has 8 heteroatoms. The van der Waals surface area contributed by atoms with Crippen molar-refractivity contribution in [3.63, 3.8) is 0 Å². The summed E-state index contributed by atoms with van der Waals surface area (Å²) in [6, 6.07) is 10.2. The smallest absolute Gasteiger partial charge is 0.260 e. The minimum absolute atomic E-state index is 0.121. The lowest BCUT2D eigenvalue weighted by Gasteiger charge is -2.25. The van der Waals surface area contributed by atoms with Crippen molar-refractivity contribution in [2.75, 3.05) is 19.8 Å². The number of likely N-dealkylation sites (tertiary alicyclic amines) is 1. The van der Waals surface area contributed by atoms with Crippen LogP contribution in [0.15, 0.2) is 51.2 Å². The number of ether oxygens (including phenoxy) is 2. The second-order valence-electron chi connectivity index (χ2n) is 8.20. The number of rotatable bonds is 4. The summed E-state index contributed by atoms with van der Waals surface area (Å²) in [4.78, 5) is 23.8. The summed E-state index contributed by atoms with van der Waals surface area (Å²) in [5, 5.41) is 2.53. The van der Waals surface area contributed by atoms with Crippen molar-refractivity contribution >= 4 is 21.6 Å². The second kappa shape index (κ2) is 8.11. The molecule has 0 spiro atoms. The lowest BCUT2D eigenvalue weighted by molar-refractivity contribution is 0.241. The average Bonchev–Trinajstić information content (AvgIpc) is 3.52. The summed E-state index contributed by atoms with van der Waals surface area (Å²) >= 11 is 1.47. The Morgan fingerprint density at radius 1 is 1.16 bits per heavy atom. The first-order chi connectivity index (χ1) is 15.8. The number of aromatic amines is 1. The molecule has 1 aromatic carbocycles. The third-order valence-electron chi connectivity index (χ3n) is 6.15. The van der Waals surface area contributed by atoms with Crippen LogP contribution in [0.5, 0.6) is 11.5 Å². The molecule has 3 aromatic heterocycles. The summed E-state index contributed by atoms with van der Waals surface area (Å²) in [5.41, 5.74) is 1.89. The Morgan fingerprint density at radius 3 is 2.94 bits per heavy atom. The molecule has 0 aliphatic carbocycles. The molecule has 1 saturated heterocycles. The fraction of sp³-hybridized carbons (Fsp3) is 0.333. The Balaban J connectivity index is 1.28. The van der Waals surface area contributed by atoms with Gasteiger partial charge in [-0.3, -0.25) is 9.69 Å². The van der Waals surface area contributed by atoms with Crippen LogP contribution < -0.4 is 15.0 Å². The van der Waals surface area contributed by atoms with Crippen LogP contribution >= 0.6 is 11.3 Å². The number of hydrogen-bond acceptors (Lipinski definition) is 7. The second-order valence-corrected chi connectivity index (χ2v) is 9.06. The summed E-state index contributed by atoms with van der Waals surface area (Å²) in [7, 11) is 0. The number of hydrogen-bond donors (Lipinski definition) is 1. The Hall–Kier alpha value is -3.10. The monoisotopic (exact) mass is 449 g/mol. The van der Waals surface area contributed by atoms with Crippen molar-refractivity contribution in [3.8, 4) is 22.8 Å². The zero-order chi connectivity index (χ0) is 21.5. The molecule has 6 rings (SSSR count). The topological polar surface area (TPSA) is 80.6 Å². The zero-order valence-corrected chi connectivity index (χ0v) is 18.3. The molecule has 0 radical (unpaired) electrons. The highest BCUT2D eigenvalue weighted by atomic mass is 32.1. The van der Waals surface area contributed by atoms with Gasteiger partial charge in [-0.1, -0.05) is 6.07 Å². The third kappa shape index (κ3) is 3.49. The first-order valence-corrected chi connectivity index (χ1v) is 11.8. The number of benzene rings is 1. The predicted molar refractivity (Wildman–Crippen MR) is 122 cm³/mol. The van der Waals surface area contributed by atoms with Crippen LogP contribution in [0.3, 0.4) is 0 Å². The quantitative estimate of drug-likeness (QED) is 0.485. The number of aromatic nitrogens is 2. The van der Waals surface area contributed by atoms with Crippen LogP contribution in [0.2, 0.25) is 0 Å². The van der Waals surface area contributed by atoms with Crippen molar-refractivity contribution in [2.24, 2.45) is 0 Å². The van der Waals surface area contributed by atoms with E-state index in [4.69, 9.17) is 18.9 Å². The average molecular weight is 450 g/mol. The summed E-state index contributed by atoms with van der Waals surface area (Å²) in [6.45, 7) is 2.92. The van der Waals surface area contributed by atoms with E-state index in [1.807, 2.05) is 23.6 Å². The van der Waals surface area contributed by atoms with E-state index in [1.54, 1.807) is 6.26 Å². The van der Waals surface area contributed by atoms with Gasteiger partial charge in [-0.15, -0.1) is 11.3 Å². The van der Waals surface area contributed by atoms with E-state index < -0.39 is 0 Å². The number of nitrogens with one attached hydrogen (secondary N) is 1. The minimum atomic E-state index is -0.121. The molecule has 2 aliphatic rings. The number of H-pyrrole nitrogens is 1. The van der Waals surface area contributed by atoms with E-state index in [1.165, 1.54) is 16.9 Å². The maximum atomic E-state index is 12.9. The summed E-state index contributed by atoms with van der Waals surface area (Å²) < 4.78 is 17.2. The maximum absolute atomic E-state index is 12.9. The molecule has 0 amide bonds. The van der Waals surface area contributed by atoms with Crippen molar-refractivity contribution in [2.45, 2.75) is 31.8 Å². The molecular weight excluding hydrogens is 426 g/mol. The van der Waals surface area contributed by atoms with Gasteiger partial charge in [0.1, 0.15) is 16.4 Å². The van der Waals surface area contributed by atoms with E-state index in [0.717, 1.165) is 47.7 Å². The van der Waals surface area contributed by atoms with E-state index in [0.29, 0.717) is 36.7 Å². The van der Waals surface area contributed by atoms with Gasteiger partial charge in [0.2, 0.25) is 0 Å². The SMILES string of the molecule is O=c1[nH]c(CN2CCC[C@@H]2c2ccc3c(c2)OCCCO3)nc2scc(-c3ccco3)c12. The Morgan fingerprint density at radius 2 is 2.06 bits per heavy atom. The van der Waals surface area contributed by atoms with Crippen LogP contribution in [0.25, 0.3) is 21.5 Å². The van der Waals surface area contributed by atoms with Gasteiger partial charge >= 0.3 is 0 Å². The molecule has 7 nitrogen and oxygen atoms in total. The van der Waals surface area contributed by atoms with Crippen molar-refractivity contribution in [1.29, 1.82) is 0 Å². The first kappa shape index (κ1) is 19.6. The van der Waals surface area contributed by atoms with Gasteiger partial charge in [-0.2, -0.15) is 0 Å². The highest BCUT2D eigenvalue weighted by Crippen LogP contribution is 2.38. The molecule has 0 bridgehead atoms. The van der Waals surface area contributed by atoms with Crippen LogP contribution in [-0.4, -0.2) is 34.6 Å². The minimum Gasteiger partial charge on any atom is -0.490 e. The lowest BCUT2D eigenvalue weighted by Crippen LogP contribution is -2.25. The third-order valence-corrected chi connectivity index (χ3v) is 7.02. The molecule has 32 heavy (non-hydrogen) atoms. The largest absolute Gasteiger partial charge is 0.490 e. The Kier molecular flexibility index (Phi) is 4.96. The van der Waals surface area contributed by atoms with Crippen molar-refractivity contribution in [3.05, 3.63) is 63.7 Å². The fourth-order valence-electron chi connectivity index (χ4n) is 4.65.